The predicted octanol–water partition coefficient (Wildman–Crippen LogP) is 1.27. The van der Waals surface area contributed by atoms with E-state index in [0.29, 0.717) is 30.8 Å². The maximum atomic E-state index is 13.7. The molecule has 1 heterocycles. The van der Waals surface area contributed by atoms with Gasteiger partial charge < -0.3 is 10.8 Å². The first-order chi connectivity index (χ1) is 8.93. The number of β-amino-alcohol motifs (C(OH)–C–C–N with tert-alkyl or cyclic N) is 1. The van der Waals surface area contributed by atoms with E-state index in [2.05, 4.69) is 0 Å². The van der Waals surface area contributed by atoms with Crippen molar-refractivity contribution >= 4 is 5.91 Å². The number of carbonyl (C=O) groups is 1. The van der Waals surface area contributed by atoms with Crippen LogP contribution >= 0.6 is 0 Å². The molecular formula is C14H19FN2O2. The van der Waals surface area contributed by atoms with Crippen molar-refractivity contribution in [3.05, 3.63) is 35.1 Å². The van der Waals surface area contributed by atoms with E-state index >= 15 is 0 Å². The molecule has 1 amide bonds. The van der Waals surface area contributed by atoms with Gasteiger partial charge in [-0.25, -0.2) is 4.39 Å². The summed E-state index contributed by atoms with van der Waals surface area (Å²) in [5.41, 5.74) is 5.29. The molecular weight excluding hydrogens is 247 g/mol. The highest BCUT2D eigenvalue weighted by Crippen LogP contribution is 2.27. The summed E-state index contributed by atoms with van der Waals surface area (Å²) < 4.78 is 13.7. The second-order valence-electron chi connectivity index (χ2n) is 5.29. The van der Waals surface area contributed by atoms with Crippen molar-refractivity contribution in [2.45, 2.75) is 31.9 Å². The molecule has 0 bridgehead atoms. The molecule has 5 heteroatoms. The second kappa shape index (κ2) is 5.27. The van der Waals surface area contributed by atoms with E-state index in [0.717, 1.165) is 12.8 Å². The number of amides is 1. The standard InChI is InChI=1S/C14H19FN2O2/c1-2-5-14(19)8-17(9-14)7-11-6-10(13(16)18)3-4-12(11)15/h3-4,6,19H,2,5,7-9H2,1H3,(H2,16,18). The Morgan fingerprint density at radius 2 is 2.21 bits per heavy atom. The van der Waals surface area contributed by atoms with Gasteiger partial charge in [0.05, 0.1) is 5.60 Å². The Kier molecular flexibility index (Phi) is 3.87. The monoisotopic (exact) mass is 266 g/mol. The van der Waals surface area contributed by atoms with Gasteiger partial charge in [0.15, 0.2) is 0 Å². The van der Waals surface area contributed by atoms with E-state index in [1.165, 1.54) is 18.2 Å². The fourth-order valence-corrected chi connectivity index (χ4v) is 2.61. The largest absolute Gasteiger partial charge is 0.387 e. The number of benzene rings is 1. The fraction of sp³-hybridized carbons (Fsp3) is 0.500. The maximum absolute atomic E-state index is 13.7. The molecule has 1 aromatic carbocycles. The Balaban J connectivity index is 2.01. The quantitative estimate of drug-likeness (QED) is 0.843. The van der Waals surface area contributed by atoms with Crippen LogP contribution in [-0.2, 0) is 6.54 Å². The number of nitrogens with zero attached hydrogens (tertiary/aromatic N) is 1. The molecule has 0 atom stereocenters. The average molecular weight is 266 g/mol. The Labute approximate surface area is 112 Å². The number of nitrogens with two attached hydrogens (primary N) is 1. The number of primary amides is 1. The third kappa shape index (κ3) is 3.11. The van der Waals surface area contributed by atoms with Gasteiger partial charge in [0.2, 0.25) is 5.91 Å². The minimum absolute atomic E-state index is 0.306. The van der Waals surface area contributed by atoms with Gasteiger partial charge in [-0.2, -0.15) is 0 Å². The molecule has 0 saturated carbocycles. The summed E-state index contributed by atoms with van der Waals surface area (Å²) in [5, 5.41) is 10.1. The van der Waals surface area contributed by atoms with E-state index in [4.69, 9.17) is 5.73 Å². The van der Waals surface area contributed by atoms with E-state index in [9.17, 15) is 14.3 Å². The molecule has 2 rings (SSSR count). The van der Waals surface area contributed by atoms with Crippen LogP contribution in [0.3, 0.4) is 0 Å². The van der Waals surface area contributed by atoms with Crippen molar-refractivity contribution in [1.29, 1.82) is 0 Å². The Hall–Kier alpha value is -1.46. The summed E-state index contributed by atoms with van der Waals surface area (Å²) in [6, 6.07) is 4.12. The van der Waals surface area contributed by atoms with Gasteiger partial charge >= 0.3 is 0 Å². The van der Waals surface area contributed by atoms with Crippen LogP contribution in [0.25, 0.3) is 0 Å². The summed E-state index contributed by atoms with van der Waals surface area (Å²) in [6.45, 7) is 3.50. The molecule has 0 unspecified atom stereocenters. The minimum Gasteiger partial charge on any atom is -0.387 e. The molecule has 1 saturated heterocycles. The molecule has 104 valence electrons. The van der Waals surface area contributed by atoms with E-state index in [1.807, 2.05) is 11.8 Å². The van der Waals surface area contributed by atoms with Crippen LogP contribution in [0.5, 0.6) is 0 Å². The van der Waals surface area contributed by atoms with Crippen molar-refractivity contribution < 1.29 is 14.3 Å². The third-order valence-electron chi connectivity index (χ3n) is 3.48. The molecule has 1 aromatic rings. The van der Waals surface area contributed by atoms with Crippen LogP contribution in [0, 0.1) is 5.82 Å². The van der Waals surface area contributed by atoms with Crippen molar-refractivity contribution in [3.63, 3.8) is 0 Å². The minimum atomic E-state index is -0.632. The smallest absolute Gasteiger partial charge is 0.248 e. The molecule has 0 aliphatic carbocycles. The molecule has 0 radical (unpaired) electrons. The van der Waals surface area contributed by atoms with Crippen LogP contribution < -0.4 is 5.73 Å². The SMILES string of the molecule is CCCC1(O)CN(Cc2cc(C(N)=O)ccc2F)C1. The van der Waals surface area contributed by atoms with Gasteiger partial charge in [0, 0.05) is 30.8 Å². The number of hydrogen-bond acceptors (Lipinski definition) is 3. The number of aliphatic hydroxyl groups is 1. The lowest BCUT2D eigenvalue weighted by molar-refractivity contribution is -0.107. The number of hydrogen-bond donors (Lipinski definition) is 2. The molecule has 0 aromatic heterocycles. The molecule has 0 spiro atoms. The van der Waals surface area contributed by atoms with E-state index in [1.54, 1.807) is 0 Å². The van der Waals surface area contributed by atoms with Gasteiger partial charge in [-0.15, -0.1) is 0 Å². The topological polar surface area (TPSA) is 66.6 Å². The zero-order valence-corrected chi connectivity index (χ0v) is 11.0. The number of halogens is 1. The number of rotatable bonds is 5. The zero-order chi connectivity index (χ0) is 14.0. The Morgan fingerprint density at radius 3 is 2.79 bits per heavy atom. The highest BCUT2D eigenvalue weighted by Gasteiger charge is 2.40. The summed E-state index contributed by atoms with van der Waals surface area (Å²) in [5.74, 6) is -0.914. The molecule has 4 nitrogen and oxygen atoms in total. The van der Waals surface area contributed by atoms with Crippen LogP contribution in [0.2, 0.25) is 0 Å². The van der Waals surface area contributed by atoms with E-state index in [-0.39, 0.29) is 5.82 Å². The summed E-state index contributed by atoms with van der Waals surface area (Å²) >= 11 is 0. The van der Waals surface area contributed by atoms with Crippen LogP contribution in [-0.4, -0.2) is 34.6 Å². The van der Waals surface area contributed by atoms with Gasteiger partial charge in [0.25, 0.3) is 0 Å². The van der Waals surface area contributed by atoms with E-state index < -0.39 is 11.5 Å². The number of likely N-dealkylation sites (tertiary alicyclic amines) is 1. The predicted molar refractivity (Wildman–Crippen MR) is 70.1 cm³/mol. The lowest BCUT2D eigenvalue weighted by Crippen LogP contribution is -2.61. The summed E-state index contributed by atoms with van der Waals surface area (Å²) in [6.07, 6.45) is 1.68. The molecule has 19 heavy (non-hydrogen) atoms. The van der Waals surface area contributed by atoms with Gasteiger partial charge in [-0.1, -0.05) is 13.3 Å². The fourth-order valence-electron chi connectivity index (χ4n) is 2.61. The molecule has 1 fully saturated rings. The first-order valence-electron chi connectivity index (χ1n) is 6.46. The Bertz CT molecular complexity index is 484. The zero-order valence-electron chi connectivity index (χ0n) is 11.0. The van der Waals surface area contributed by atoms with Crippen molar-refractivity contribution in [3.8, 4) is 0 Å². The third-order valence-corrected chi connectivity index (χ3v) is 3.48. The van der Waals surface area contributed by atoms with Gasteiger partial charge in [0.1, 0.15) is 5.82 Å². The normalized spacial score (nSPS) is 18.1. The first kappa shape index (κ1) is 14.0. The highest BCUT2D eigenvalue weighted by molar-refractivity contribution is 5.92. The highest BCUT2D eigenvalue weighted by atomic mass is 19.1. The summed E-state index contributed by atoms with van der Waals surface area (Å²) in [4.78, 5) is 13.0. The van der Waals surface area contributed by atoms with Crippen LogP contribution in [0.1, 0.15) is 35.7 Å². The van der Waals surface area contributed by atoms with Crippen LogP contribution in [0.4, 0.5) is 4.39 Å². The first-order valence-corrected chi connectivity index (χ1v) is 6.46. The Morgan fingerprint density at radius 1 is 1.53 bits per heavy atom. The summed E-state index contributed by atoms with van der Waals surface area (Å²) in [7, 11) is 0. The van der Waals surface area contributed by atoms with Crippen molar-refractivity contribution in [2.75, 3.05) is 13.1 Å². The second-order valence-corrected chi connectivity index (χ2v) is 5.29. The molecule has 1 aliphatic heterocycles. The maximum Gasteiger partial charge on any atom is 0.248 e. The van der Waals surface area contributed by atoms with Crippen LogP contribution in [0.15, 0.2) is 18.2 Å². The molecule has 1 aliphatic rings. The molecule has 3 N–H and O–H groups in total. The van der Waals surface area contributed by atoms with Crippen molar-refractivity contribution in [2.24, 2.45) is 5.73 Å². The lowest BCUT2D eigenvalue weighted by Gasteiger charge is -2.46. The lowest BCUT2D eigenvalue weighted by atomic mass is 9.89. The average Bonchev–Trinajstić information content (AvgIpc) is 2.29. The van der Waals surface area contributed by atoms with Gasteiger partial charge in [-0.05, 0) is 24.6 Å². The van der Waals surface area contributed by atoms with Crippen molar-refractivity contribution in [1.82, 2.24) is 4.90 Å². The van der Waals surface area contributed by atoms with Gasteiger partial charge in [-0.3, -0.25) is 9.69 Å². The number of carbonyl (C=O) groups excluding carboxylic acids is 1.